The normalized spacial score (nSPS) is 22.9. The molecule has 8 unspecified atom stereocenters. The van der Waals surface area contributed by atoms with Crippen molar-refractivity contribution in [1.82, 2.24) is 5.32 Å². The van der Waals surface area contributed by atoms with E-state index in [1.54, 1.807) is 0 Å². The predicted octanol–water partition coefficient (Wildman–Crippen LogP) is 9.21. The van der Waals surface area contributed by atoms with Crippen LogP contribution in [0.25, 0.3) is 0 Å². The van der Waals surface area contributed by atoms with Crippen molar-refractivity contribution in [3.63, 3.8) is 0 Å². The lowest BCUT2D eigenvalue weighted by molar-refractivity contribution is -0.220. The Hall–Kier alpha value is -0.700. The van der Waals surface area contributed by atoms with E-state index in [4.69, 9.17) is 9.05 Å². The fourth-order valence-corrected chi connectivity index (χ4v) is 9.51. The third kappa shape index (κ3) is 29.8. The van der Waals surface area contributed by atoms with Crippen molar-refractivity contribution < 1.29 is 59.0 Å². The van der Waals surface area contributed by atoms with Gasteiger partial charge in [-0.1, -0.05) is 219 Å². The van der Waals surface area contributed by atoms with Crippen molar-refractivity contribution in [3.8, 4) is 0 Å². The smallest absolute Gasteiger partial charge is 0.393 e. The molecule has 14 heteroatoms. The lowest BCUT2D eigenvalue weighted by atomic mass is 9.85. The molecule has 0 aliphatic heterocycles. The number of carbonyl (C=O) groups is 1. The molecule has 1 amide bonds. The SMILES string of the molecule is CCCCCCCCCCCCCCCCCCC(O)CC(=O)NC(COP(=O)(O)OC1C(O)C(O)C(O)C(O)C1O)C(O)CCCCCCCCCCCCCCCCCC. The van der Waals surface area contributed by atoms with Gasteiger partial charge in [0.25, 0.3) is 0 Å². The summed E-state index contributed by atoms with van der Waals surface area (Å²) in [6.45, 7) is 3.82. The van der Waals surface area contributed by atoms with Gasteiger partial charge < -0.3 is 46.0 Å². The van der Waals surface area contributed by atoms with Gasteiger partial charge in [-0.2, -0.15) is 0 Å². The second-order valence-corrected chi connectivity index (χ2v) is 20.0. The van der Waals surface area contributed by atoms with Crippen LogP contribution in [-0.2, 0) is 18.4 Å². The summed E-state index contributed by atoms with van der Waals surface area (Å²) in [6, 6.07) is -1.15. The van der Waals surface area contributed by atoms with Crippen molar-refractivity contribution in [2.24, 2.45) is 0 Å². The van der Waals surface area contributed by atoms with Gasteiger partial charge in [0.1, 0.15) is 36.6 Å². The summed E-state index contributed by atoms with van der Waals surface area (Å²) >= 11 is 0. The molecule has 370 valence electrons. The molecule has 62 heavy (non-hydrogen) atoms. The summed E-state index contributed by atoms with van der Waals surface area (Å²) in [6.07, 6.45) is 25.7. The van der Waals surface area contributed by atoms with E-state index in [0.29, 0.717) is 12.8 Å². The number of unbranched alkanes of at least 4 members (excludes halogenated alkanes) is 30. The number of phosphoric ester groups is 1. The Morgan fingerprint density at radius 2 is 0.806 bits per heavy atom. The second kappa shape index (κ2) is 38.4. The third-order valence-electron chi connectivity index (χ3n) is 12.7. The molecule has 1 fully saturated rings. The highest BCUT2D eigenvalue weighted by Crippen LogP contribution is 2.47. The highest BCUT2D eigenvalue weighted by Gasteiger charge is 2.51. The third-order valence-corrected chi connectivity index (χ3v) is 13.7. The zero-order valence-corrected chi connectivity index (χ0v) is 40.2. The first-order valence-electron chi connectivity index (χ1n) is 25.6. The van der Waals surface area contributed by atoms with Crippen LogP contribution in [-0.4, -0.2) is 108 Å². The quantitative estimate of drug-likeness (QED) is 0.0206. The topological polar surface area (TPSA) is 226 Å². The average Bonchev–Trinajstić information content (AvgIpc) is 3.24. The molecule has 1 rings (SSSR count). The van der Waals surface area contributed by atoms with E-state index in [0.717, 1.165) is 51.4 Å². The minimum atomic E-state index is -5.11. The number of carbonyl (C=O) groups excluding carboxylic acids is 1. The Balaban J connectivity index is 2.46. The summed E-state index contributed by atoms with van der Waals surface area (Å²) in [4.78, 5) is 23.5. The Bertz CT molecular complexity index is 1070. The van der Waals surface area contributed by atoms with Gasteiger partial charge in [-0.3, -0.25) is 13.8 Å². The Labute approximate surface area is 377 Å². The lowest BCUT2D eigenvalue weighted by Crippen LogP contribution is -2.64. The highest BCUT2D eigenvalue weighted by atomic mass is 31.2. The van der Waals surface area contributed by atoms with E-state index in [-0.39, 0.29) is 12.8 Å². The van der Waals surface area contributed by atoms with Gasteiger partial charge in [-0.25, -0.2) is 4.57 Å². The summed E-state index contributed by atoms with van der Waals surface area (Å²) in [5, 5.41) is 74.8. The van der Waals surface area contributed by atoms with E-state index in [1.165, 1.54) is 148 Å². The van der Waals surface area contributed by atoms with E-state index >= 15 is 0 Å². The van der Waals surface area contributed by atoms with E-state index < -0.39 is 75.2 Å². The van der Waals surface area contributed by atoms with Crippen LogP contribution >= 0.6 is 7.82 Å². The maximum absolute atomic E-state index is 13.0. The van der Waals surface area contributed by atoms with Crippen LogP contribution in [0.4, 0.5) is 0 Å². The fraction of sp³-hybridized carbons (Fsp3) is 0.979. The van der Waals surface area contributed by atoms with Gasteiger partial charge in [-0.05, 0) is 12.8 Å². The largest absolute Gasteiger partial charge is 0.472 e. The van der Waals surface area contributed by atoms with Crippen LogP contribution in [0.3, 0.4) is 0 Å². The van der Waals surface area contributed by atoms with Gasteiger partial charge in [-0.15, -0.1) is 0 Å². The van der Waals surface area contributed by atoms with Crippen LogP contribution in [0.1, 0.15) is 239 Å². The first kappa shape index (κ1) is 59.3. The summed E-state index contributed by atoms with van der Waals surface area (Å²) in [5.41, 5.74) is 0. The fourth-order valence-electron chi connectivity index (χ4n) is 8.54. The number of hydrogen-bond donors (Lipinski definition) is 9. The molecule has 0 radical (unpaired) electrons. The summed E-state index contributed by atoms with van der Waals surface area (Å²) < 4.78 is 23.0. The zero-order chi connectivity index (χ0) is 45.9. The number of nitrogens with one attached hydrogen (secondary N) is 1. The number of hydrogen-bond acceptors (Lipinski definition) is 11. The summed E-state index contributed by atoms with van der Waals surface area (Å²) in [5.74, 6) is -0.555. The molecule has 13 nitrogen and oxygen atoms in total. The molecular formula is C48H96NO12P. The zero-order valence-electron chi connectivity index (χ0n) is 39.3. The van der Waals surface area contributed by atoms with Crippen LogP contribution in [0.2, 0.25) is 0 Å². The van der Waals surface area contributed by atoms with Crippen LogP contribution in [0, 0.1) is 0 Å². The molecule has 1 aliphatic rings. The Kier molecular flexibility index (Phi) is 36.7. The standard InChI is InChI=1S/C48H96NO12P/c1-3-5-7-9-11-13-15-17-19-21-23-25-27-29-31-33-35-39(50)37-42(52)49-40(38-60-62(58,59)61-48-46(56)44(54)43(53)45(55)47(48)57)41(51)36-34-32-30-28-26-24-22-20-18-16-14-12-10-8-6-4-2/h39-41,43-48,50-51,53-57H,3-38H2,1-2H3,(H,49,52)(H,58,59). The molecule has 0 bridgehead atoms. The molecule has 8 atom stereocenters. The van der Waals surface area contributed by atoms with Crippen molar-refractivity contribution in [3.05, 3.63) is 0 Å². The molecule has 0 aromatic rings. The Morgan fingerprint density at radius 1 is 0.500 bits per heavy atom. The maximum Gasteiger partial charge on any atom is 0.472 e. The van der Waals surface area contributed by atoms with Gasteiger partial charge in [0.2, 0.25) is 5.91 Å². The molecule has 0 aromatic carbocycles. The highest BCUT2D eigenvalue weighted by molar-refractivity contribution is 7.47. The van der Waals surface area contributed by atoms with Crippen molar-refractivity contribution in [2.45, 2.75) is 293 Å². The summed E-state index contributed by atoms with van der Waals surface area (Å²) in [7, 11) is -5.11. The molecule has 0 aromatic heterocycles. The van der Waals surface area contributed by atoms with Crippen molar-refractivity contribution in [1.29, 1.82) is 0 Å². The van der Waals surface area contributed by atoms with E-state index in [9.17, 15) is 50.0 Å². The predicted molar refractivity (Wildman–Crippen MR) is 248 cm³/mol. The van der Waals surface area contributed by atoms with Gasteiger partial charge in [0.05, 0.1) is 31.3 Å². The molecular weight excluding hydrogens is 813 g/mol. The van der Waals surface area contributed by atoms with E-state index in [1.807, 2.05) is 0 Å². The van der Waals surface area contributed by atoms with Crippen LogP contribution in [0.5, 0.6) is 0 Å². The van der Waals surface area contributed by atoms with Crippen LogP contribution in [0.15, 0.2) is 0 Å². The molecule has 1 saturated carbocycles. The first-order chi connectivity index (χ1) is 29.8. The van der Waals surface area contributed by atoms with Gasteiger partial charge in [0, 0.05) is 0 Å². The number of aliphatic hydroxyl groups excluding tert-OH is 7. The van der Waals surface area contributed by atoms with E-state index in [2.05, 4.69) is 19.2 Å². The van der Waals surface area contributed by atoms with Crippen molar-refractivity contribution in [2.75, 3.05) is 6.61 Å². The van der Waals surface area contributed by atoms with Crippen LogP contribution < -0.4 is 5.32 Å². The number of phosphoric acid groups is 1. The van der Waals surface area contributed by atoms with Gasteiger partial charge in [0.15, 0.2) is 0 Å². The minimum Gasteiger partial charge on any atom is -0.393 e. The molecule has 0 heterocycles. The Morgan fingerprint density at radius 3 is 1.16 bits per heavy atom. The molecule has 9 N–H and O–H groups in total. The molecule has 0 spiro atoms. The molecule has 0 saturated heterocycles. The number of aliphatic hydroxyl groups is 7. The van der Waals surface area contributed by atoms with Crippen molar-refractivity contribution >= 4 is 13.7 Å². The minimum absolute atomic E-state index is 0.215. The second-order valence-electron chi connectivity index (χ2n) is 18.6. The van der Waals surface area contributed by atoms with Gasteiger partial charge >= 0.3 is 7.82 Å². The monoisotopic (exact) mass is 910 g/mol. The molecule has 1 aliphatic carbocycles. The first-order valence-corrected chi connectivity index (χ1v) is 27.1. The maximum atomic E-state index is 13.0. The number of rotatable bonds is 43. The average molecular weight is 910 g/mol. The lowest BCUT2D eigenvalue weighted by Gasteiger charge is -2.41. The number of amides is 1.